The van der Waals surface area contributed by atoms with Gasteiger partial charge in [0.05, 0.1) is 0 Å². The van der Waals surface area contributed by atoms with Crippen molar-refractivity contribution in [3.63, 3.8) is 0 Å². The van der Waals surface area contributed by atoms with Gasteiger partial charge in [-0.25, -0.2) is 9.78 Å². The molecule has 1 heterocycles. The highest BCUT2D eigenvalue weighted by atomic mass is 79.9. The van der Waals surface area contributed by atoms with Crippen molar-refractivity contribution in [3.05, 3.63) is 52.1 Å². The Labute approximate surface area is 126 Å². The van der Waals surface area contributed by atoms with Gasteiger partial charge in [-0.1, -0.05) is 18.2 Å². The smallest absolute Gasteiger partial charge is 0.339 e. The fourth-order valence-electron chi connectivity index (χ4n) is 2.11. The number of carboxylic acids is 1. The van der Waals surface area contributed by atoms with Gasteiger partial charge in [0.2, 0.25) is 0 Å². The maximum absolute atomic E-state index is 11.4. The molecule has 2 rings (SSSR count). The van der Waals surface area contributed by atoms with Crippen LogP contribution >= 0.6 is 15.9 Å². The van der Waals surface area contributed by atoms with Gasteiger partial charge in [-0.3, -0.25) is 0 Å². The molecule has 0 spiro atoms. The highest BCUT2D eigenvalue weighted by molar-refractivity contribution is 9.10. The summed E-state index contributed by atoms with van der Waals surface area (Å²) < 4.78 is 0.652. The number of carbonyl (C=O) groups is 1. The predicted octanol–water partition coefficient (Wildman–Crippen LogP) is 4.01. The molecule has 0 aliphatic carbocycles. The molecule has 0 saturated heterocycles. The van der Waals surface area contributed by atoms with E-state index in [2.05, 4.69) is 20.9 Å². The molecule has 0 unspecified atom stereocenters. The van der Waals surface area contributed by atoms with Crippen LogP contribution in [0.15, 0.2) is 41.0 Å². The van der Waals surface area contributed by atoms with Crippen LogP contribution in [0.4, 0.5) is 11.5 Å². The minimum Gasteiger partial charge on any atom is -0.478 e. The minimum absolute atomic E-state index is 0.185. The van der Waals surface area contributed by atoms with Crippen LogP contribution in [0.2, 0.25) is 0 Å². The average molecular weight is 335 g/mol. The summed E-state index contributed by atoms with van der Waals surface area (Å²) in [4.78, 5) is 17.6. The van der Waals surface area contributed by atoms with E-state index in [9.17, 15) is 9.90 Å². The number of anilines is 2. The number of carboxylic acid groups (broad SMARTS) is 1. The standard InChI is InChI=1S/C15H15BrN2O2/c1-3-18(13-7-5-4-6-10(13)2)14-12(15(19)20)8-11(16)9-17-14/h4-9H,3H2,1-2H3,(H,19,20). The van der Waals surface area contributed by atoms with Crippen molar-refractivity contribution in [1.29, 1.82) is 0 Å². The molecule has 0 bridgehead atoms. The molecule has 1 aromatic heterocycles. The first-order chi connectivity index (χ1) is 9.54. The molecular formula is C15H15BrN2O2. The summed E-state index contributed by atoms with van der Waals surface area (Å²) in [5.41, 5.74) is 2.23. The molecule has 0 saturated carbocycles. The SMILES string of the molecule is CCN(c1ccccc1C)c1ncc(Br)cc1C(=O)O. The second-order valence-electron chi connectivity index (χ2n) is 4.36. The Kier molecular flexibility index (Phi) is 4.39. The quantitative estimate of drug-likeness (QED) is 0.917. The summed E-state index contributed by atoms with van der Waals surface area (Å²) in [6.07, 6.45) is 1.61. The predicted molar refractivity (Wildman–Crippen MR) is 82.8 cm³/mol. The van der Waals surface area contributed by atoms with Crippen LogP contribution in [0.3, 0.4) is 0 Å². The van der Waals surface area contributed by atoms with Crippen LogP contribution in [0.1, 0.15) is 22.8 Å². The lowest BCUT2D eigenvalue weighted by Crippen LogP contribution is -2.21. The van der Waals surface area contributed by atoms with E-state index in [1.54, 1.807) is 12.3 Å². The van der Waals surface area contributed by atoms with Crippen molar-refractivity contribution < 1.29 is 9.90 Å². The number of hydrogen-bond donors (Lipinski definition) is 1. The van der Waals surface area contributed by atoms with E-state index < -0.39 is 5.97 Å². The van der Waals surface area contributed by atoms with E-state index in [0.717, 1.165) is 11.3 Å². The molecule has 4 nitrogen and oxygen atoms in total. The Morgan fingerprint density at radius 1 is 1.40 bits per heavy atom. The van der Waals surface area contributed by atoms with Gasteiger partial charge in [0.15, 0.2) is 0 Å². The third-order valence-corrected chi connectivity index (χ3v) is 3.48. The molecule has 104 valence electrons. The minimum atomic E-state index is -0.985. The summed E-state index contributed by atoms with van der Waals surface area (Å²) in [5.74, 6) is -0.529. The zero-order valence-corrected chi connectivity index (χ0v) is 12.9. The summed E-state index contributed by atoms with van der Waals surface area (Å²) in [7, 11) is 0. The number of aromatic carboxylic acids is 1. The molecule has 20 heavy (non-hydrogen) atoms. The van der Waals surface area contributed by atoms with Gasteiger partial charge in [0, 0.05) is 22.9 Å². The topological polar surface area (TPSA) is 53.4 Å². The number of aryl methyl sites for hydroxylation is 1. The number of halogens is 1. The van der Waals surface area contributed by atoms with Crippen molar-refractivity contribution in [1.82, 2.24) is 4.98 Å². The van der Waals surface area contributed by atoms with Gasteiger partial charge < -0.3 is 10.0 Å². The lowest BCUT2D eigenvalue weighted by molar-refractivity contribution is 0.0697. The van der Waals surface area contributed by atoms with E-state index in [-0.39, 0.29) is 5.56 Å². The Morgan fingerprint density at radius 2 is 2.10 bits per heavy atom. The number of benzene rings is 1. The molecule has 0 radical (unpaired) electrons. The van der Waals surface area contributed by atoms with Crippen LogP contribution in [0.5, 0.6) is 0 Å². The van der Waals surface area contributed by atoms with Gasteiger partial charge in [-0.05, 0) is 47.5 Å². The monoisotopic (exact) mass is 334 g/mol. The van der Waals surface area contributed by atoms with E-state index in [4.69, 9.17) is 0 Å². The van der Waals surface area contributed by atoms with E-state index >= 15 is 0 Å². The first kappa shape index (κ1) is 14.5. The number of nitrogens with zero attached hydrogens (tertiary/aromatic N) is 2. The van der Waals surface area contributed by atoms with Crippen LogP contribution in [0.25, 0.3) is 0 Å². The number of hydrogen-bond acceptors (Lipinski definition) is 3. The number of rotatable bonds is 4. The molecule has 0 fully saturated rings. The molecule has 5 heteroatoms. The normalized spacial score (nSPS) is 10.3. The van der Waals surface area contributed by atoms with E-state index in [1.165, 1.54) is 0 Å². The van der Waals surface area contributed by atoms with Crippen molar-refractivity contribution in [2.24, 2.45) is 0 Å². The Bertz CT molecular complexity index is 644. The molecule has 0 atom stereocenters. The Morgan fingerprint density at radius 3 is 2.70 bits per heavy atom. The highest BCUT2D eigenvalue weighted by Crippen LogP contribution is 2.30. The molecular weight excluding hydrogens is 320 g/mol. The van der Waals surface area contributed by atoms with Crippen LogP contribution in [0, 0.1) is 6.92 Å². The summed E-state index contributed by atoms with van der Waals surface area (Å²) >= 11 is 3.26. The number of aromatic nitrogens is 1. The summed E-state index contributed by atoms with van der Waals surface area (Å²) in [6, 6.07) is 9.43. The van der Waals surface area contributed by atoms with Crippen molar-refractivity contribution in [2.45, 2.75) is 13.8 Å². The maximum atomic E-state index is 11.4. The largest absolute Gasteiger partial charge is 0.478 e. The lowest BCUT2D eigenvalue weighted by atomic mass is 10.1. The second kappa shape index (κ2) is 6.05. The van der Waals surface area contributed by atoms with Gasteiger partial charge in [0.25, 0.3) is 0 Å². The first-order valence-corrected chi connectivity index (χ1v) is 7.06. The summed E-state index contributed by atoms with van der Waals surface area (Å²) in [5, 5.41) is 9.36. The highest BCUT2D eigenvalue weighted by Gasteiger charge is 2.19. The molecule has 2 aromatic rings. The lowest BCUT2D eigenvalue weighted by Gasteiger charge is -2.25. The van der Waals surface area contributed by atoms with E-state index in [1.807, 2.05) is 43.0 Å². The van der Waals surface area contributed by atoms with Gasteiger partial charge in [-0.2, -0.15) is 0 Å². The average Bonchev–Trinajstić information content (AvgIpc) is 2.42. The maximum Gasteiger partial charge on any atom is 0.339 e. The van der Waals surface area contributed by atoms with Crippen LogP contribution < -0.4 is 4.90 Å². The van der Waals surface area contributed by atoms with E-state index in [0.29, 0.717) is 16.8 Å². The fraction of sp³-hybridized carbons (Fsp3) is 0.200. The Balaban J connectivity index is 2.58. The molecule has 0 aliphatic heterocycles. The first-order valence-electron chi connectivity index (χ1n) is 6.26. The van der Waals surface area contributed by atoms with Crippen LogP contribution in [-0.4, -0.2) is 22.6 Å². The third-order valence-electron chi connectivity index (χ3n) is 3.04. The second-order valence-corrected chi connectivity index (χ2v) is 5.28. The van der Waals surface area contributed by atoms with Gasteiger partial charge >= 0.3 is 5.97 Å². The van der Waals surface area contributed by atoms with Crippen molar-refractivity contribution >= 4 is 33.4 Å². The zero-order chi connectivity index (χ0) is 14.7. The number of pyridine rings is 1. The van der Waals surface area contributed by atoms with Gasteiger partial charge in [-0.15, -0.1) is 0 Å². The molecule has 0 aliphatic rings. The van der Waals surface area contributed by atoms with Gasteiger partial charge in [0.1, 0.15) is 11.4 Å². The Hall–Kier alpha value is -1.88. The van der Waals surface area contributed by atoms with Crippen LogP contribution in [-0.2, 0) is 0 Å². The van der Waals surface area contributed by atoms with Crippen molar-refractivity contribution in [3.8, 4) is 0 Å². The zero-order valence-electron chi connectivity index (χ0n) is 11.3. The van der Waals surface area contributed by atoms with Crippen molar-refractivity contribution in [2.75, 3.05) is 11.4 Å². The molecule has 0 amide bonds. The fourth-order valence-corrected chi connectivity index (χ4v) is 2.44. The third kappa shape index (κ3) is 2.82. The molecule has 1 N–H and O–H groups in total. The molecule has 1 aromatic carbocycles. The number of para-hydroxylation sites is 1. The summed E-state index contributed by atoms with van der Waals surface area (Å²) in [6.45, 7) is 4.61.